The lowest BCUT2D eigenvalue weighted by molar-refractivity contribution is 0.0637. The molecule has 4 heterocycles. The summed E-state index contributed by atoms with van der Waals surface area (Å²) in [7, 11) is 0. The molecule has 10 heteroatoms. The van der Waals surface area contributed by atoms with Crippen LogP contribution in [0.5, 0.6) is 0 Å². The highest BCUT2D eigenvalue weighted by atomic mass is 35.5. The first-order valence-electron chi connectivity index (χ1n) is 10.3. The van der Waals surface area contributed by atoms with Gasteiger partial charge in [0.05, 0.1) is 17.3 Å². The Morgan fingerprint density at radius 2 is 2.26 bits per heavy atom. The molecule has 1 fully saturated rings. The molecule has 0 radical (unpaired) electrons. The maximum atomic E-state index is 14.4. The fourth-order valence-corrected chi connectivity index (χ4v) is 3.86. The molecule has 1 aliphatic heterocycles. The summed E-state index contributed by atoms with van der Waals surface area (Å²) in [5, 5.41) is 4.34. The Morgan fingerprint density at radius 1 is 1.42 bits per heavy atom. The van der Waals surface area contributed by atoms with Gasteiger partial charge in [0.15, 0.2) is 17.5 Å². The molecule has 0 saturated carbocycles. The predicted molar refractivity (Wildman–Crippen MR) is 116 cm³/mol. The van der Waals surface area contributed by atoms with E-state index in [9.17, 15) is 9.18 Å². The number of halogens is 2. The number of fused-ring (bicyclic) bond motifs is 1. The van der Waals surface area contributed by atoms with Gasteiger partial charge in [0, 0.05) is 43.0 Å². The van der Waals surface area contributed by atoms with Crippen LogP contribution < -0.4 is 5.32 Å². The van der Waals surface area contributed by atoms with E-state index in [4.69, 9.17) is 16.3 Å². The zero-order valence-electron chi connectivity index (χ0n) is 17.4. The van der Waals surface area contributed by atoms with Crippen LogP contribution in [0.3, 0.4) is 0 Å². The minimum Gasteiger partial charge on any atom is -0.447 e. The van der Waals surface area contributed by atoms with E-state index >= 15 is 0 Å². The highest BCUT2D eigenvalue weighted by Gasteiger charge is 2.25. The average Bonchev–Trinajstić information content (AvgIpc) is 3.16. The van der Waals surface area contributed by atoms with Gasteiger partial charge < -0.3 is 19.9 Å². The van der Waals surface area contributed by atoms with E-state index in [-0.39, 0.29) is 23.9 Å². The summed E-state index contributed by atoms with van der Waals surface area (Å²) < 4.78 is 19.7. The molecule has 2 N–H and O–H groups in total. The molecule has 1 aliphatic rings. The fraction of sp³-hybridized carbons (Fsp3) is 0.429. The van der Waals surface area contributed by atoms with Gasteiger partial charge in [0.1, 0.15) is 5.65 Å². The van der Waals surface area contributed by atoms with Crippen LogP contribution in [0.4, 0.5) is 15.0 Å². The first kappa shape index (κ1) is 21.3. The van der Waals surface area contributed by atoms with Crippen molar-refractivity contribution in [2.45, 2.75) is 32.8 Å². The molecule has 0 bridgehead atoms. The van der Waals surface area contributed by atoms with E-state index in [1.54, 1.807) is 23.4 Å². The summed E-state index contributed by atoms with van der Waals surface area (Å²) in [6.07, 6.45) is 5.77. The largest absolute Gasteiger partial charge is 0.447 e. The zero-order chi connectivity index (χ0) is 22.0. The molecule has 1 atom stereocenters. The van der Waals surface area contributed by atoms with Crippen LogP contribution in [0.2, 0.25) is 5.02 Å². The Labute approximate surface area is 184 Å². The number of carbonyl (C=O) groups excluding carboxylic acids is 1. The van der Waals surface area contributed by atoms with Crippen LogP contribution in [0.15, 0.2) is 24.7 Å². The number of hydrogen-bond donors (Lipinski definition) is 2. The number of rotatable bonds is 5. The van der Waals surface area contributed by atoms with Crippen LogP contribution in [-0.4, -0.2) is 56.7 Å². The Balaban J connectivity index is 1.47. The van der Waals surface area contributed by atoms with Crippen LogP contribution in [-0.2, 0) is 4.74 Å². The lowest BCUT2D eigenvalue weighted by Gasteiger charge is -2.32. The van der Waals surface area contributed by atoms with Gasteiger partial charge in [-0.3, -0.25) is 0 Å². The number of carbonyl (C=O) groups is 1. The van der Waals surface area contributed by atoms with Gasteiger partial charge in [-0.15, -0.1) is 0 Å². The number of piperidine rings is 1. The van der Waals surface area contributed by atoms with Gasteiger partial charge in [-0.1, -0.05) is 11.6 Å². The molecule has 1 amide bonds. The molecular formula is C21H24ClFN6O2. The van der Waals surface area contributed by atoms with Crippen LogP contribution >= 0.6 is 11.6 Å². The molecule has 0 spiro atoms. The number of likely N-dealkylation sites (tertiary alicyclic amines) is 1. The second-order valence-corrected chi connectivity index (χ2v) is 8.35. The van der Waals surface area contributed by atoms with Crippen molar-refractivity contribution in [2.75, 3.05) is 25.0 Å². The van der Waals surface area contributed by atoms with E-state index in [1.165, 1.54) is 0 Å². The Hall–Kier alpha value is -2.94. The zero-order valence-corrected chi connectivity index (χ0v) is 18.1. The number of aromatic nitrogens is 4. The summed E-state index contributed by atoms with van der Waals surface area (Å²) in [5.41, 5.74) is 1.34. The number of nitrogens with zero attached hydrogens (tertiary/aromatic N) is 4. The molecular weight excluding hydrogens is 423 g/mol. The first-order valence-corrected chi connectivity index (χ1v) is 10.6. The molecule has 164 valence electrons. The van der Waals surface area contributed by atoms with Crippen molar-refractivity contribution in [2.24, 2.45) is 5.92 Å². The van der Waals surface area contributed by atoms with Gasteiger partial charge in [-0.05, 0) is 38.7 Å². The number of anilines is 1. The highest BCUT2D eigenvalue weighted by Crippen LogP contribution is 2.28. The van der Waals surface area contributed by atoms with Crippen molar-refractivity contribution in [3.8, 4) is 11.4 Å². The summed E-state index contributed by atoms with van der Waals surface area (Å²) >= 11 is 6.06. The molecule has 0 aromatic carbocycles. The lowest BCUT2D eigenvalue weighted by Crippen LogP contribution is -2.42. The second-order valence-electron chi connectivity index (χ2n) is 7.91. The van der Waals surface area contributed by atoms with Crippen molar-refractivity contribution < 1.29 is 13.9 Å². The van der Waals surface area contributed by atoms with Crippen molar-refractivity contribution in [1.82, 2.24) is 24.8 Å². The van der Waals surface area contributed by atoms with Crippen LogP contribution in [0.25, 0.3) is 22.4 Å². The Morgan fingerprint density at radius 3 is 3.06 bits per heavy atom. The third-order valence-corrected chi connectivity index (χ3v) is 5.36. The number of ether oxygens (including phenoxy) is 1. The van der Waals surface area contributed by atoms with Crippen molar-refractivity contribution in [1.29, 1.82) is 0 Å². The third kappa shape index (κ3) is 4.87. The van der Waals surface area contributed by atoms with Gasteiger partial charge in [-0.25, -0.2) is 24.1 Å². The van der Waals surface area contributed by atoms with Crippen molar-refractivity contribution in [3.63, 3.8) is 0 Å². The van der Waals surface area contributed by atoms with Crippen molar-refractivity contribution >= 4 is 34.5 Å². The SMILES string of the molecule is CC(C)OC(=O)N1CCCC(CNc2nc(-c3c[nH]c4ncc(Cl)cc34)ncc2F)C1. The molecule has 1 saturated heterocycles. The smallest absolute Gasteiger partial charge is 0.410 e. The normalized spacial score (nSPS) is 16.7. The van der Waals surface area contributed by atoms with Crippen molar-refractivity contribution in [3.05, 3.63) is 35.5 Å². The number of pyridine rings is 1. The Bertz CT molecular complexity index is 1090. The molecule has 31 heavy (non-hydrogen) atoms. The van der Waals surface area contributed by atoms with E-state index in [0.29, 0.717) is 41.7 Å². The van der Waals surface area contributed by atoms with Gasteiger partial charge in [0.25, 0.3) is 0 Å². The van der Waals surface area contributed by atoms with E-state index in [0.717, 1.165) is 24.4 Å². The Kier molecular flexibility index (Phi) is 6.22. The maximum absolute atomic E-state index is 14.4. The van der Waals surface area contributed by atoms with Crippen LogP contribution in [0.1, 0.15) is 26.7 Å². The summed E-state index contributed by atoms with van der Waals surface area (Å²) in [5.74, 6) is 0.121. The monoisotopic (exact) mass is 446 g/mol. The van der Waals surface area contributed by atoms with Crippen LogP contribution in [0, 0.1) is 11.7 Å². The number of H-pyrrole nitrogens is 1. The van der Waals surface area contributed by atoms with Gasteiger partial charge in [0.2, 0.25) is 0 Å². The van der Waals surface area contributed by atoms with E-state index in [1.807, 2.05) is 13.8 Å². The highest BCUT2D eigenvalue weighted by molar-refractivity contribution is 6.31. The summed E-state index contributed by atoms with van der Waals surface area (Å²) in [6.45, 7) is 5.37. The third-order valence-electron chi connectivity index (χ3n) is 5.15. The minimum atomic E-state index is -0.536. The fourth-order valence-electron chi connectivity index (χ4n) is 3.70. The van der Waals surface area contributed by atoms with Gasteiger partial charge >= 0.3 is 6.09 Å². The minimum absolute atomic E-state index is 0.121. The molecule has 3 aromatic heterocycles. The summed E-state index contributed by atoms with van der Waals surface area (Å²) in [4.78, 5) is 29.7. The quantitative estimate of drug-likeness (QED) is 0.599. The van der Waals surface area contributed by atoms with E-state index < -0.39 is 5.82 Å². The van der Waals surface area contributed by atoms with Gasteiger partial charge in [-0.2, -0.15) is 0 Å². The molecule has 1 unspecified atom stereocenters. The molecule has 3 aromatic rings. The molecule has 4 rings (SSSR count). The summed E-state index contributed by atoms with van der Waals surface area (Å²) in [6, 6.07) is 1.77. The standard InChI is InChI=1S/C21H24ClFN6O2/c1-12(2)31-21(30)29-5-3-4-13(11-29)7-24-20-17(23)10-27-19(28-20)16-9-26-18-15(16)6-14(22)8-25-18/h6,8-10,12-13H,3-5,7,11H2,1-2H3,(H,25,26)(H,24,27,28). The second kappa shape index (κ2) is 9.05. The number of hydrogen-bond acceptors (Lipinski definition) is 6. The predicted octanol–water partition coefficient (Wildman–Crippen LogP) is 4.48. The topological polar surface area (TPSA) is 96.0 Å². The first-order chi connectivity index (χ1) is 14.9. The number of nitrogens with one attached hydrogen (secondary N) is 2. The number of amides is 1. The molecule has 8 nitrogen and oxygen atoms in total. The number of aromatic amines is 1. The molecule has 0 aliphatic carbocycles. The lowest BCUT2D eigenvalue weighted by atomic mass is 9.98. The van der Waals surface area contributed by atoms with E-state index in [2.05, 4.69) is 25.3 Å². The maximum Gasteiger partial charge on any atom is 0.410 e. The average molecular weight is 447 g/mol.